The van der Waals surface area contributed by atoms with E-state index in [0.717, 1.165) is 11.8 Å². The molecular formula is C9H15. The van der Waals surface area contributed by atoms with E-state index in [1.54, 1.807) is 0 Å². The van der Waals surface area contributed by atoms with Gasteiger partial charge >= 0.3 is 0 Å². The van der Waals surface area contributed by atoms with Crippen LogP contribution in [-0.2, 0) is 0 Å². The van der Waals surface area contributed by atoms with E-state index in [2.05, 4.69) is 6.92 Å². The predicted octanol–water partition coefficient (Wildman–Crippen LogP) is 2.79. The monoisotopic (exact) mass is 123 g/mol. The minimum atomic E-state index is 0.984. The van der Waals surface area contributed by atoms with Gasteiger partial charge in [0.2, 0.25) is 0 Å². The molecule has 2 saturated carbocycles. The van der Waals surface area contributed by atoms with E-state index in [1.807, 2.05) is 5.92 Å². The molecule has 2 fully saturated rings. The third-order valence-corrected chi connectivity index (χ3v) is 3.12. The van der Waals surface area contributed by atoms with Crippen molar-refractivity contribution < 1.29 is 0 Å². The second kappa shape index (κ2) is 2.00. The molecule has 2 atom stereocenters. The van der Waals surface area contributed by atoms with Gasteiger partial charge in [-0.2, -0.15) is 0 Å². The third-order valence-electron chi connectivity index (χ3n) is 3.12. The summed E-state index contributed by atoms with van der Waals surface area (Å²) in [7, 11) is 0. The molecule has 0 bridgehead atoms. The minimum Gasteiger partial charge on any atom is -0.0619 e. The molecule has 0 heterocycles. The number of hydrogen-bond acceptors (Lipinski definition) is 0. The first-order valence-electron chi connectivity index (χ1n) is 4.23. The molecule has 0 aromatic rings. The molecule has 0 saturated heterocycles. The Balaban J connectivity index is 2.07. The Hall–Kier alpha value is 0. The molecule has 0 N–H and O–H groups in total. The van der Waals surface area contributed by atoms with Gasteiger partial charge in [0.25, 0.3) is 0 Å². The maximum Gasteiger partial charge on any atom is -0.0182 e. The second-order valence-electron chi connectivity index (χ2n) is 3.64. The van der Waals surface area contributed by atoms with Gasteiger partial charge in [0.15, 0.2) is 0 Å². The maximum atomic E-state index is 2.40. The lowest BCUT2D eigenvalue weighted by Gasteiger charge is -2.11. The Bertz CT molecular complexity index is 107. The average molecular weight is 123 g/mol. The average Bonchev–Trinajstić information content (AvgIpc) is 2.35. The molecule has 1 radical (unpaired) electrons. The highest BCUT2D eigenvalue weighted by Gasteiger charge is 2.36. The van der Waals surface area contributed by atoms with Crippen molar-refractivity contribution in [2.45, 2.75) is 39.0 Å². The van der Waals surface area contributed by atoms with Gasteiger partial charge in [-0.05, 0) is 43.4 Å². The quantitative estimate of drug-likeness (QED) is 0.464. The first-order valence-corrected chi connectivity index (χ1v) is 4.23. The molecule has 0 aliphatic heterocycles. The van der Waals surface area contributed by atoms with Gasteiger partial charge < -0.3 is 0 Å². The fraction of sp³-hybridized carbons (Fsp3) is 0.889. The zero-order valence-electron chi connectivity index (χ0n) is 6.19. The lowest BCUT2D eigenvalue weighted by atomic mass is 9.94. The number of rotatable bonds is 0. The molecule has 2 aliphatic rings. The van der Waals surface area contributed by atoms with Crippen molar-refractivity contribution in [3.05, 3.63) is 5.92 Å². The Labute approximate surface area is 57.6 Å². The van der Waals surface area contributed by atoms with Gasteiger partial charge in [0.05, 0.1) is 0 Å². The first kappa shape index (κ1) is 5.76. The molecule has 2 rings (SSSR count). The molecule has 0 heteroatoms. The van der Waals surface area contributed by atoms with Gasteiger partial charge in [-0.15, -0.1) is 0 Å². The van der Waals surface area contributed by atoms with Crippen LogP contribution in [0.1, 0.15) is 39.0 Å². The molecule has 0 aromatic carbocycles. The minimum absolute atomic E-state index is 0.984. The Kier molecular flexibility index (Phi) is 1.28. The van der Waals surface area contributed by atoms with Crippen LogP contribution in [0.4, 0.5) is 0 Å². The van der Waals surface area contributed by atoms with Crippen LogP contribution in [0.25, 0.3) is 0 Å². The van der Waals surface area contributed by atoms with E-state index in [9.17, 15) is 0 Å². The van der Waals surface area contributed by atoms with Crippen LogP contribution >= 0.6 is 0 Å². The lowest BCUT2D eigenvalue weighted by Crippen LogP contribution is -2.01. The summed E-state index contributed by atoms with van der Waals surface area (Å²) in [5, 5.41) is 0. The molecule has 0 spiro atoms. The van der Waals surface area contributed by atoms with Crippen molar-refractivity contribution in [2.24, 2.45) is 11.8 Å². The molecular weight excluding hydrogens is 108 g/mol. The van der Waals surface area contributed by atoms with Crippen LogP contribution in [0, 0.1) is 17.8 Å². The van der Waals surface area contributed by atoms with Gasteiger partial charge in [-0.1, -0.05) is 13.3 Å². The van der Waals surface area contributed by atoms with Gasteiger partial charge in [0, 0.05) is 0 Å². The zero-order chi connectivity index (χ0) is 6.27. The summed E-state index contributed by atoms with van der Waals surface area (Å²) in [6, 6.07) is 0. The maximum absolute atomic E-state index is 2.40. The first-order chi connectivity index (χ1) is 4.38. The standard InChI is InChI=1S/C9H15/c1-7-5-6-8-3-2-4-9(7)8/h7-8H,2-6H2,1H3. The van der Waals surface area contributed by atoms with Gasteiger partial charge in [-0.3, -0.25) is 0 Å². The predicted molar refractivity (Wildman–Crippen MR) is 39.0 cm³/mol. The molecule has 51 valence electrons. The fourth-order valence-corrected chi connectivity index (χ4v) is 2.56. The van der Waals surface area contributed by atoms with Crippen LogP contribution < -0.4 is 0 Å². The summed E-state index contributed by atoms with van der Waals surface area (Å²) < 4.78 is 0. The highest BCUT2D eigenvalue weighted by molar-refractivity contribution is 5.09. The fourth-order valence-electron chi connectivity index (χ4n) is 2.56. The van der Waals surface area contributed by atoms with Gasteiger partial charge in [0.1, 0.15) is 0 Å². The summed E-state index contributed by atoms with van der Waals surface area (Å²) in [4.78, 5) is 0. The largest absolute Gasteiger partial charge is 0.0619 e. The summed E-state index contributed by atoms with van der Waals surface area (Å²) in [6.45, 7) is 2.40. The lowest BCUT2D eigenvalue weighted by molar-refractivity contribution is 0.602. The Morgan fingerprint density at radius 2 is 2.11 bits per heavy atom. The van der Waals surface area contributed by atoms with Gasteiger partial charge in [-0.25, -0.2) is 0 Å². The van der Waals surface area contributed by atoms with Crippen molar-refractivity contribution in [1.82, 2.24) is 0 Å². The van der Waals surface area contributed by atoms with E-state index in [-0.39, 0.29) is 0 Å². The Morgan fingerprint density at radius 3 is 2.89 bits per heavy atom. The normalized spacial score (nSPS) is 43.7. The van der Waals surface area contributed by atoms with Crippen molar-refractivity contribution in [1.29, 1.82) is 0 Å². The van der Waals surface area contributed by atoms with Crippen LogP contribution in [-0.4, -0.2) is 0 Å². The number of fused-ring (bicyclic) bond motifs is 1. The summed E-state index contributed by atoms with van der Waals surface area (Å²) >= 11 is 0. The van der Waals surface area contributed by atoms with Crippen molar-refractivity contribution >= 4 is 0 Å². The van der Waals surface area contributed by atoms with E-state index < -0.39 is 0 Å². The second-order valence-corrected chi connectivity index (χ2v) is 3.64. The van der Waals surface area contributed by atoms with E-state index >= 15 is 0 Å². The van der Waals surface area contributed by atoms with Crippen molar-refractivity contribution in [3.63, 3.8) is 0 Å². The van der Waals surface area contributed by atoms with E-state index in [1.165, 1.54) is 32.1 Å². The highest BCUT2D eigenvalue weighted by atomic mass is 14.4. The third kappa shape index (κ3) is 0.798. The van der Waals surface area contributed by atoms with Crippen LogP contribution in [0.2, 0.25) is 0 Å². The van der Waals surface area contributed by atoms with E-state index in [0.29, 0.717) is 0 Å². The molecule has 2 unspecified atom stereocenters. The van der Waals surface area contributed by atoms with Crippen molar-refractivity contribution in [2.75, 3.05) is 0 Å². The summed E-state index contributed by atoms with van der Waals surface area (Å²) in [5.41, 5.74) is 0. The summed E-state index contributed by atoms with van der Waals surface area (Å²) in [5.74, 6) is 3.97. The topological polar surface area (TPSA) is 0 Å². The molecule has 2 aliphatic carbocycles. The van der Waals surface area contributed by atoms with Crippen LogP contribution in [0.5, 0.6) is 0 Å². The van der Waals surface area contributed by atoms with Crippen molar-refractivity contribution in [3.8, 4) is 0 Å². The number of hydrogen-bond donors (Lipinski definition) is 0. The molecule has 0 amide bonds. The van der Waals surface area contributed by atoms with Crippen LogP contribution in [0.15, 0.2) is 0 Å². The molecule has 0 aromatic heterocycles. The van der Waals surface area contributed by atoms with E-state index in [4.69, 9.17) is 0 Å². The smallest absolute Gasteiger partial charge is 0.0182 e. The van der Waals surface area contributed by atoms with Crippen LogP contribution in [0.3, 0.4) is 0 Å². The zero-order valence-corrected chi connectivity index (χ0v) is 6.19. The Morgan fingerprint density at radius 1 is 1.22 bits per heavy atom. The molecule has 0 nitrogen and oxygen atoms in total. The SMILES string of the molecule is CC1CCC2CCC[C]12. The molecule has 9 heavy (non-hydrogen) atoms. The highest BCUT2D eigenvalue weighted by Crippen LogP contribution is 2.48. The summed E-state index contributed by atoms with van der Waals surface area (Å²) in [6.07, 6.45) is 7.46.